The topological polar surface area (TPSA) is 77.5 Å². The van der Waals surface area contributed by atoms with Gasteiger partial charge in [-0.15, -0.1) is 0 Å². The van der Waals surface area contributed by atoms with E-state index >= 15 is 0 Å². The third-order valence-electron chi connectivity index (χ3n) is 4.59. The van der Waals surface area contributed by atoms with Crippen LogP contribution in [0.4, 0.5) is 10.6 Å². The van der Waals surface area contributed by atoms with E-state index in [1.807, 2.05) is 39.0 Å². The number of piperidine rings is 1. The average molecular weight is 334 g/mol. The fraction of sp³-hybridized carbons (Fsp3) is 0.667. The molecule has 1 saturated heterocycles. The molecular formula is C18H30N4O2. The summed E-state index contributed by atoms with van der Waals surface area (Å²) in [5.41, 5.74) is 0.469. The lowest BCUT2D eigenvalue weighted by Crippen LogP contribution is -2.55. The first-order chi connectivity index (χ1) is 11.5. The first-order valence-electron chi connectivity index (χ1n) is 8.84. The second-order valence-electron chi connectivity index (χ2n) is 6.97. The van der Waals surface area contributed by atoms with Gasteiger partial charge in [-0.25, -0.2) is 9.78 Å². The predicted octanol–water partition coefficient (Wildman–Crippen LogP) is 2.21. The molecule has 2 rings (SSSR count). The van der Waals surface area contributed by atoms with Gasteiger partial charge < -0.3 is 20.6 Å². The maximum Gasteiger partial charge on any atom is 0.315 e. The van der Waals surface area contributed by atoms with Gasteiger partial charge in [0.2, 0.25) is 0 Å². The van der Waals surface area contributed by atoms with Gasteiger partial charge in [0.15, 0.2) is 0 Å². The molecule has 0 aliphatic carbocycles. The van der Waals surface area contributed by atoms with Crippen LogP contribution in [0.15, 0.2) is 18.2 Å². The summed E-state index contributed by atoms with van der Waals surface area (Å²) in [5.74, 6) is 1.01. The number of aryl methyl sites for hydroxylation is 1. The van der Waals surface area contributed by atoms with E-state index in [9.17, 15) is 9.90 Å². The SMILES string of the molecule is CCCC(C)(CO)NC(=O)NC1CCN(c2cccc(C)n2)CC1. The van der Waals surface area contributed by atoms with Crippen molar-refractivity contribution in [3.8, 4) is 0 Å². The lowest BCUT2D eigenvalue weighted by atomic mass is 9.97. The average Bonchev–Trinajstić information content (AvgIpc) is 2.55. The molecule has 24 heavy (non-hydrogen) atoms. The van der Waals surface area contributed by atoms with E-state index in [0.29, 0.717) is 0 Å². The molecule has 1 aliphatic heterocycles. The van der Waals surface area contributed by atoms with Crippen LogP contribution < -0.4 is 15.5 Å². The van der Waals surface area contributed by atoms with Crippen LogP contribution in [0.5, 0.6) is 0 Å². The van der Waals surface area contributed by atoms with Gasteiger partial charge in [-0.2, -0.15) is 0 Å². The Hall–Kier alpha value is -1.82. The van der Waals surface area contributed by atoms with Crippen molar-refractivity contribution in [2.45, 2.75) is 58.0 Å². The molecule has 0 saturated carbocycles. The zero-order valence-corrected chi connectivity index (χ0v) is 15.0. The number of urea groups is 1. The summed E-state index contributed by atoms with van der Waals surface area (Å²) in [6, 6.07) is 6.03. The van der Waals surface area contributed by atoms with Crippen LogP contribution in [-0.4, -0.2) is 47.4 Å². The van der Waals surface area contributed by atoms with Crippen molar-refractivity contribution in [1.29, 1.82) is 0 Å². The zero-order valence-electron chi connectivity index (χ0n) is 15.0. The third-order valence-corrected chi connectivity index (χ3v) is 4.59. The molecule has 1 unspecified atom stereocenters. The summed E-state index contributed by atoms with van der Waals surface area (Å²) in [6.07, 6.45) is 3.47. The summed E-state index contributed by atoms with van der Waals surface area (Å²) >= 11 is 0. The number of aliphatic hydroxyl groups excluding tert-OH is 1. The van der Waals surface area contributed by atoms with Crippen LogP contribution in [0, 0.1) is 6.92 Å². The molecule has 1 atom stereocenters. The van der Waals surface area contributed by atoms with Crippen LogP contribution in [-0.2, 0) is 0 Å². The highest BCUT2D eigenvalue weighted by Crippen LogP contribution is 2.18. The molecule has 1 fully saturated rings. The molecule has 6 nitrogen and oxygen atoms in total. The molecule has 2 amide bonds. The fourth-order valence-electron chi connectivity index (χ4n) is 3.19. The lowest BCUT2D eigenvalue weighted by Gasteiger charge is -2.34. The molecule has 1 aromatic rings. The quantitative estimate of drug-likeness (QED) is 0.745. The van der Waals surface area contributed by atoms with Crippen LogP contribution in [0.25, 0.3) is 0 Å². The second kappa shape index (κ2) is 8.33. The molecule has 134 valence electrons. The van der Waals surface area contributed by atoms with Crippen LogP contribution >= 0.6 is 0 Å². The Balaban J connectivity index is 1.81. The van der Waals surface area contributed by atoms with E-state index in [1.165, 1.54) is 0 Å². The zero-order chi connectivity index (χ0) is 17.6. The molecule has 6 heteroatoms. The fourth-order valence-corrected chi connectivity index (χ4v) is 3.19. The molecule has 0 aromatic carbocycles. The van der Waals surface area contributed by atoms with Crippen molar-refractivity contribution in [3.05, 3.63) is 23.9 Å². The molecular weight excluding hydrogens is 304 g/mol. The number of aromatic nitrogens is 1. The van der Waals surface area contributed by atoms with Gasteiger partial charge in [-0.3, -0.25) is 0 Å². The maximum atomic E-state index is 12.2. The summed E-state index contributed by atoms with van der Waals surface area (Å²) in [7, 11) is 0. The first-order valence-corrected chi connectivity index (χ1v) is 8.84. The molecule has 0 radical (unpaired) electrons. The Labute approximate surface area is 144 Å². The van der Waals surface area contributed by atoms with Crippen molar-refractivity contribution < 1.29 is 9.90 Å². The largest absolute Gasteiger partial charge is 0.394 e. The minimum Gasteiger partial charge on any atom is -0.394 e. The molecule has 1 aliphatic rings. The monoisotopic (exact) mass is 334 g/mol. The summed E-state index contributed by atoms with van der Waals surface area (Å²) in [5, 5.41) is 15.5. The van der Waals surface area contributed by atoms with Crippen molar-refractivity contribution in [1.82, 2.24) is 15.6 Å². The molecule has 3 N–H and O–H groups in total. The van der Waals surface area contributed by atoms with Crippen LogP contribution in [0.3, 0.4) is 0 Å². The summed E-state index contributed by atoms with van der Waals surface area (Å²) in [4.78, 5) is 19.0. The van der Waals surface area contributed by atoms with E-state index in [4.69, 9.17) is 0 Å². The second-order valence-corrected chi connectivity index (χ2v) is 6.97. The van der Waals surface area contributed by atoms with Gasteiger partial charge >= 0.3 is 6.03 Å². The molecule has 1 aromatic heterocycles. The predicted molar refractivity (Wildman–Crippen MR) is 96.3 cm³/mol. The molecule has 2 heterocycles. The standard InChI is InChI=1S/C18H30N4O2/c1-4-10-18(3,13-23)21-17(24)20-15-8-11-22(12-9-15)16-7-5-6-14(2)19-16/h5-7,15,23H,4,8-13H2,1-3H3,(H2,20,21,24). The lowest BCUT2D eigenvalue weighted by molar-refractivity contribution is 0.161. The van der Waals surface area contributed by atoms with Crippen molar-refractivity contribution in [2.75, 3.05) is 24.6 Å². The van der Waals surface area contributed by atoms with Crippen molar-refractivity contribution >= 4 is 11.8 Å². The first kappa shape index (κ1) is 18.5. The number of nitrogens with one attached hydrogen (secondary N) is 2. The Kier molecular flexibility index (Phi) is 6.43. The Morgan fingerprint density at radius 1 is 1.42 bits per heavy atom. The molecule has 0 spiro atoms. The minimum absolute atomic E-state index is 0.0499. The number of nitrogens with zero attached hydrogens (tertiary/aromatic N) is 2. The highest BCUT2D eigenvalue weighted by atomic mass is 16.3. The smallest absolute Gasteiger partial charge is 0.315 e. The van der Waals surface area contributed by atoms with Crippen LogP contribution in [0.2, 0.25) is 0 Å². The van der Waals surface area contributed by atoms with Gasteiger partial charge in [-0.1, -0.05) is 19.4 Å². The number of rotatable bonds is 6. The van der Waals surface area contributed by atoms with E-state index in [1.54, 1.807) is 0 Å². The Morgan fingerprint density at radius 2 is 2.12 bits per heavy atom. The van der Waals surface area contributed by atoms with E-state index < -0.39 is 5.54 Å². The Bertz CT molecular complexity index is 544. The van der Waals surface area contributed by atoms with Crippen molar-refractivity contribution in [3.63, 3.8) is 0 Å². The maximum absolute atomic E-state index is 12.2. The third kappa shape index (κ3) is 5.09. The van der Waals surface area contributed by atoms with E-state index in [0.717, 1.165) is 50.3 Å². The number of hydrogen-bond donors (Lipinski definition) is 3. The number of carbonyl (C=O) groups excluding carboxylic acids is 1. The number of anilines is 1. The highest BCUT2D eigenvalue weighted by Gasteiger charge is 2.27. The van der Waals surface area contributed by atoms with Gasteiger partial charge in [0, 0.05) is 24.8 Å². The normalized spacial score (nSPS) is 18.1. The van der Waals surface area contributed by atoms with Gasteiger partial charge in [-0.05, 0) is 45.2 Å². The summed E-state index contributed by atoms with van der Waals surface area (Å²) < 4.78 is 0. The summed E-state index contributed by atoms with van der Waals surface area (Å²) in [6.45, 7) is 7.63. The van der Waals surface area contributed by atoms with Gasteiger partial charge in [0.25, 0.3) is 0 Å². The number of pyridine rings is 1. The van der Waals surface area contributed by atoms with E-state index in [2.05, 4.69) is 20.5 Å². The number of carbonyl (C=O) groups is 1. The number of aliphatic hydroxyl groups is 1. The van der Waals surface area contributed by atoms with Gasteiger partial charge in [0.1, 0.15) is 5.82 Å². The highest BCUT2D eigenvalue weighted by molar-refractivity contribution is 5.75. The number of amides is 2. The minimum atomic E-state index is -0.551. The van der Waals surface area contributed by atoms with E-state index in [-0.39, 0.29) is 18.7 Å². The van der Waals surface area contributed by atoms with Crippen molar-refractivity contribution in [2.24, 2.45) is 0 Å². The molecule has 0 bridgehead atoms. The Morgan fingerprint density at radius 3 is 2.71 bits per heavy atom. The number of hydrogen-bond acceptors (Lipinski definition) is 4. The van der Waals surface area contributed by atoms with Gasteiger partial charge in [0.05, 0.1) is 12.1 Å². The van der Waals surface area contributed by atoms with Crippen LogP contribution in [0.1, 0.15) is 45.2 Å².